The molecule has 0 radical (unpaired) electrons. The fourth-order valence-corrected chi connectivity index (χ4v) is 2.29. The van der Waals surface area contributed by atoms with Gasteiger partial charge in [0, 0.05) is 12.6 Å². The van der Waals surface area contributed by atoms with E-state index in [1.807, 2.05) is 31.2 Å². The molecule has 0 fully saturated rings. The average molecular weight is 277 g/mol. The lowest BCUT2D eigenvalue weighted by Crippen LogP contribution is -2.45. The van der Waals surface area contributed by atoms with Gasteiger partial charge in [0.15, 0.2) is 6.10 Å². The average Bonchev–Trinajstić information content (AvgIpc) is 2.47. The Morgan fingerprint density at radius 3 is 3.10 bits per heavy atom. The van der Waals surface area contributed by atoms with Crippen LogP contribution in [0.2, 0.25) is 0 Å². The number of rotatable bonds is 6. The molecule has 1 unspecified atom stereocenters. The lowest BCUT2D eigenvalue weighted by atomic mass is 10.0. The Kier molecular flexibility index (Phi) is 5.41. The molecule has 1 aromatic carbocycles. The Labute approximate surface area is 120 Å². The van der Waals surface area contributed by atoms with Crippen molar-refractivity contribution in [1.29, 1.82) is 0 Å². The molecular weight excluding hydrogens is 254 g/mol. The summed E-state index contributed by atoms with van der Waals surface area (Å²) in [6.45, 7) is 5.29. The van der Waals surface area contributed by atoms with Crippen molar-refractivity contribution in [2.75, 3.05) is 13.2 Å². The van der Waals surface area contributed by atoms with Crippen molar-refractivity contribution >= 4 is 5.91 Å². The number of nitrogens with one attached hydrogen (secondary N) is 1. The predicted octanol–water partition coefficient (Wildman–Crippen LogP) is 2.31. The van der Waals surface area contributed by atoms with Crippen molar-refractivity contribution < 1.29 is 14.3 Å². The Bertz CT molecular complexity index is 447. The van der Waals surface area contributed by atoms with Crippen LogP contribution in [-0.4, -0.2) is 31.3 Å². The maximum Gasteiger partial charge on any atom is 0.261 e. The third kappa shape index (κ3) is 3.97. The Balaban J connectivity index is 1.82. The van der Waals surface area contributed by atoms with Gasteiger partial charge in [-0.2, -0.15) is 0 Å². The Morgan fingerprint density at radius 2 is 2.30 bits per heavy atom. The van der Waals surface area contributed by atoms with Crippen LogP contribution in [0.5, 0.6) is 5.75 Å². The van der Waals surface area contributed by atoms with Gasteiger partial charge in [-0.3, -0.25) is 4.79 Å². The number of fused-ring (bicyclic) bond motifs is 1. The van der Waals surface area contributed by atoms with Crippen molar-refractivity contribution in [1.82, 2.24) is 5.32 Å². The van der Waals surface area contributed by atoms with Gasteiger partial charge in [-0.1, -0.05) is 25.1 Å². The molecule has 1 amide bonds. The molecule has 0 spiro atoms. The second-order valence-corrected chi connectivity index (χ2v) is 5.24. The number of amides is 1. The van der Waals surface area contributed by atoms with Crippen LogP contribution in [0.4, 0.5) is 0 Å². The van der Waals surface area contributed by atoms with Crippen LogP contribution in [0.25, 0.3) is 0 Å². The monoisotopic (exact) mass is 277 g/mol. The van der Waals surface area contributed by atoms with Crippen LogP contribution in [0.1, 0.15) is 32.3 Å². The van der Waals surface area contributed by atoms with E-state index >= 15 is 0 Å². The van der Waals surface area contributed by atoms with Crippen molar-refractivity contribution in [2.45, 2.75) is 45.3 Å². The normalized spacial score (nSPS) is 18.8. The third-order valence-electron chi connectivity index (χ3n) is 3.32. The molecule has 1 aromatic rings. The van der Waals surface area contributed by atoms with Crippen LogP contribution in [-0.2, 0) is 16.0 Å². The number of benzene rings is 1. The van der Waals surface area contributed by atoms with Crippen LogP contribution in [0, 0.1) is 0 Å². The third-order valence-corrected chi connectivity index (χ3v) is 3.32. The molecule has 20 heavy (non-hydrogen) atoms. The number of aryl methyl sites for hydroxylation is 1. The van der Waals surface area contributed by atoms with E-state index in [0.717, 1.165) is 31.6 Å². The Hall–Kier alpha value is -1.55. The first-order valence-corrected chi connectivity index (χ1v) is 7.33. The summed E-state index contributed by atoms with van der Waals surface area (Å²) in [4.78, 5) is 12.2. The SMILES string of the molecule is CCCOC[C@H](C)NC(=O)C1CCc2ccccc2O1. The number of carbonyl (C=O) groups excluding carboxylic acids is 1. The lowest BCUT2D eigenvalue weighted by molar-refractivity contribution is -0.129. The summed E-state index contributed by atoms with van der Waals surface area (Å²) in [7, 11) is 0. The minimum Gasteiger partial charge on any atom is -0.480 e. The zero-order valence-corrected chi connectivity index (χ0v) is 12.2. The molecule has 4 nitrogen and oxygen atoms in total. The largest absolute Gasteiger partial charge is 0.480 e. The van der Waals surface area contributed by atoms with Gasteiger partial charge in [0.1, 0.15) is 5.75 Å². The molecule has 2 atom stereocenters. The lowest BCUT2D eigenvalue weighted by Gasteiger charge is -2.26. The zero-order valence-electron chi connectivity index (χ0n) is 12.2. The fraction of sp³-hybridized carbons (Fsp3) is 0.562. The second-order valence-electron chi connectivity index (χ2n) is 5.24. The molecule has 2 rings (SSSR count). The molecule has 0 aromatic heterocycles. The first-order valence-electron chi connectivity index (χ1n) is 7.33. The standard InChI is InChI=1S/C16H23NO3/c1-3-10-19-11-12(2)17-16(18)15-9-8-13-6-4-5-7-14(13)20-15/h4-7,12,15H,3,8-11H2,1-2H3,(H,17,18)/t12-,15?/m0/s1. The summed E-state index contributed by atoms with van der Waals surface area (Å²) in [5.41, 5.74) is 1.18. The Morgan fingerprint density at radius 1 is 1.50 bits per heavy atom. The highest BCUT2D eigenvalue weighted by molar-refractivity contribution is 5.81. The summed E-state index contributed by atoms with van der Waals surface area (Å²) in [6, 6.07) is 7.90. The first-order chi connectivity index (χ1) is 9.70. The number of para-hydroxylation sites is 1. The number of carbonyl (C=O) groups is 1. The van der Waals surface area contributed by atoms with Gasteiger partial charge in [-0.05, 0) is 37.8 Å². The van der Waals surface area contributed by atoms with Crippen molar-refractivity contribution in [3.05, 3.63) is 29.8 Å². The molecule has 1 N–H and O–H groups in total. The predicted molar refractivity (Wildman–Crippen MR) is 77.9 cm³/mol. The van der Waals surface area contributed by atoms with E-state index < -0.39 is 6.10 Å². The number of ether oxygens (including phenoxy) is 2. The van der Waals surface area contributed by atoms with Gasteiger partial charge >= 0.3 is 0 Å². The minimum atomic E-state index is -0.390. The van der Waals surface area contributed by atoms with Gasteiger partial charge in [-0.15, -0.1) is 0 Å². The van der Waals surface area contributed by atoms with Gasteiger partial charge in [0.25, 0.3) is 5.91 Å². The van der Waals surface area contributed by atoms with Gasteiger partial charge in [0.05, 0.1) is 6.61 Å². The highest BCUT2D eigenvalue weighted by atomic mass is 16.5. The van der Waals surface area contributed by atoms with Crippen LogP contribution in [0.15, 0.2) is 24.3 Å². The summed E-state index contributed by atoms with van der Waals surface area (Å²) in [6.07, 6.45) is 2.21. The van der Waals surface area contributed by atoms with Crippen molar-refractivity contribution in [3.8, 4) is 5.75 Å². The van der Waals surface area contributed by atoms with Crippen LogP contribution >= 0.6 is 0 Å². The van der Waals surface area contributed by atoms with E-state index in [0.29, 0.717) is 6.61 Å². The highest BCUT2D eigenvalue weighted by Gasteiger charge is 2.26. The first kappa shape index (κ1) is 14.9. The van der Waals surface area contributed by atoms with E-state index in [4.69, 9.17) is 9.47 Å². The maximum absolute atomic E-state index is 12.2. The smallest absolute Gasteiger partial charge is 0.261 e. The van der Waals surface area contributed by atoms with E-state index in [-0.39, 0.29) is 11.9 Å². The summed E-state index contributed by atoms with van der Waals surface area (Å²) < 4.78 is 11.2. The minimum absolute atomic E-state index is 0.00909. The molecule has 1 heterocycles. The maximum atomic E-state index is 12.2. The van der Waals surface area contributed by atoms with Gasteiger partial charge in [0.2, 0.25) is 0 Å². The van der Waals surface area contributed by atoms with E-state index in [9.17, 15) is 4.79 Å². The quantitative estimate of drug-likeness (QED) is 0.812. The van der Waals surface area contributed by atoms with Crippen LogP contribution in [0.3, 0.4) is 0 Å². The molecule has 0 saturated carbocycles. The summed E-state index contributed by atoms with van der Waals surface area (Å²) in [5, 5.41) is 2.95. The molecule has 4 heteroatoms. The van der Waals surface area contributed by atoms with Crippen molar-refractivity contribution in [2.24, 2.45) is 0 Å². The molecule has 110 valence electrons. The molecule has 0 saturated heterocycles. The van der Waals surface area contributed by atoms with Crippen LogP contribution < -0.4 is 10.1 Å². The molecular formula is C16H23NO3. The van der Waals surface area contributed by atoms with E-state index in [1.54, 1.807) is 0 Å². The second kappa shape index (κ2) is 7.29. The molecule has 0 bridgehead atoms. The van der Waals surface area contributed by atoms with E-state index in [1.165, 1.54) is 5.56 Å². The highest BCUT2D eigenvalue weighted by Crippen LogP contribution is 2.27. The number of hydrogen-bond donors (Lipinski definition) is 1. The topological polar surface area (TPSA) is 47.6 Å². The van der Waals surface area contributed by atoms with Crippen molar-refractivity contribution in [3.63, 3.8) is 0 Å². The molecule has 1 aliphatic heterocycles. The number of hydrogen-bond acceptors (Lipinski definition) is 3. The van der Waals surface area contributed by atoms with Gasteiger partial charge in [-0.25, -0.2) is 0 Å². The zero-order chi connectivity index (χ0) is 14.4. The van der Waals surface area contributed by atoms with Gasteiger partial charge < -0.3 is 14.8 Å². The summed E-state index contributed by atoms with van der Waals surface area (Å²) >= 11 is 0. The van der Waals surface area contributed by atoms with E-state index in [2.05, 4.69) is 12.2 Å². The molecule has 1 aliphatic rings. The molecule has 0 aliphatic carbocycles. The fourth-order valence-electron chi connectivity index (χ4n) is 2.29. The summed E-state index contributed by atoms with van der Waals surface area (Å²) in [5.74, 6) is 0.779.